The first-order valence-electron chi connectivity index (χ1n) is 14.7. The zero-order valence-corrected chi connectivity index (χ0v) is 26.0. The van der Waals surface area contributed by atoms with E-state index in [0.29, 0.717) is 53.5 Å². The van der Waals surface area contributed by atoms with Crippen LogP contribution in [-0.2, 0) is 17.3 Å². The van der Waals surface area contributed by atoms with Crippen LogP contribution in [0, 0.1) is 18.3 Å². The smallest absolute Gasteiger partial charge is 0.417 e. The fraction of sp³-hybridized carbons (Fsp3) is 0.387. The number of imidazole rings is 1. The van der Waals surface area contributed by atoms with E-state index in [-0.39, 0.29) is 35.4 Å². The molecule has 6 rings (SSSR count). The van der Waals surface area contributed by atoms with Crippen molar-refractivity contribution in [2.45, 2.75) is 58.0 Å². The van der Waals surface area contributed by atoms with Crippen LogP contribution < -0.4 is 20.1 Å². The molecular weight excluding hydrogens is 623 g/mol. The zero-order chi connectivity index (χ0) is 33.0. The van der Waals surface area contributed by atoms with E-state index in [1.165, 1.54) is 15.5 Å². The van der Waals surface area contributed by atoms with Gasteiger partial charge in [0, 0.05) is 30.8 Å². The Morgan fingerprint density at radius 3 is 2.65 bits per heavy atom. The summed E-state index contributed by atoms with van der Waals surface area (Å²) in [4.78, 5) is 23.6. The maximum Gasteiger partial charge on any atom is 0.417 e. The van der Waals surface area contributed by atoms with Gasteiger partial charge in [0.1, 0.15) is 17.1 Å². The number of halogens is 3. The number of H-pyrrole nitrogens is 1. The highest BCUT2D eigenvalue weighted by molar-refractivity contribution is 7.80. The van der Waals surface area contributed by atoms with Gasteiger partial charge in [0.2, 0.25) is 0 Å². The van der Waals surface area contributed by atoms with Gasteiger partial charge < -0.3 is 24.5 Å². The third kappa shape index (κ3) is 4.97. The third-order valence-electron chi connectivity index (χ3n) is 8.30. The van der Waals surface area contributed by atoms with E-state index in [2.05, 4.69) is 9.97 Å². The standard InChI is InChI=1S/C31H30F3N7O4S/c1-4-6-24-36-17(3)25-27(42)37-26(38-41(24)25)21-13-20(9-10-23(21)45-5-2)40-29(46)39(28(43)30(40)11-12-44-16-30)19-8-7-18(15-35)22(14-19)31(32,33)34/h7-10,13-14,28,43H,4-6,11-12,16H2,1-3H3,(H,37,38,42). The topological polar surface area (TPSA) is 132 Å². The molecular formula is C31H30F3N7O4S. The van der Waals surface area contributed by atoms with E-state index in [9.17, 15) is 28.3 Å². The molecule has 0 saturated carbocycles. The van der Waals surface area contributed by atoms with Crippen LogP contribution in [0.15, 0.2) is 41.2 Å². The number of anilines is 2. The molecule has 240 valence electrons. The molecule has 2 unspecified atom stereocenters. The van der Waals surface area contributed by atoms with E-state index in [1.807, 2.05) is 13.8 Å². The minimum absolute atomic E-state index is 0.0262. The Kier molecular flexibility index (Phi) is 7.99. The summed E-state index contributed by atoms with van der Waals surface area (Å²) in [6.07, 6.45) is -4.49. The van der Waals surface area contributed by atoms with Gasteiger partial charge in [-0.1, -0.05) is 6.92 Å². The number of rotatable bonds is 7. The molecule has 11 nitrogen and oxygen atoms in total. The maximum atomic E-state index is 13.9. The molecule has 15 heteroatoms. The molecule has 4 aromatic rings. The molecule has 0 amide bonds. The highest BCUT2D eigenvalue weighted by Gasteiger charge is 2.58. The van der Waals surface area contributed by atoms with Crippen molar-refractivity contribution in [2.75, 3.05) is 29.6 Å². The monoisotopic (exact) mass is 653 g/mol. The van der Waals surface area contributed by atoms with E-state index in [4.69, 9.17) is 26.8 Å². The van der Waals surface area contributed by atoms with E-state index < -0.39 is 29.1 Å². The lowest BCUT2D eigenvalue weighted by Gasteiger charge is -2.35. The maximum absolute atomic E-state index is 13.9. The summed E-state index contributed by atoms with van der Waals surface area (Å²) in [6.45, 7) is 6.19. The number of nitriles is 1. The second-order valence-electron chi connectivity index (χ2n) is 11.1. The summed E-state index contributed by atoms with van der Waals surface area (Å²) in [6, 6.07) is 9.90. The van der Waals surface area contributed by atoms with Gasteiger partial charge in [0.05, 0.1) is 41.7 Å². The van der Waals surface area contributed by atoms with Crippen LogP contribution >= 0.6 is 12.2 Å². The van der Waals surface area contributed by atoms with Crippen LogP contribution in [0.25, 0.3) is 16.9 Å². The Labute approximate surface area is 266 Å². The van der Waals surface area contributed by atoms with E-state index in [0.717, 1.165) is 18.6 Å². The quantitative estimate of drug-likeness (QED) is 0.270. The molecule has 0 bridgehead atoms. The van der Waals surface area contributed by atoms with Gasteiger partial charge in [-0.15, -0.1) is 5.10 Å². The molecule has 2 aliphatic heterocycles. The Bertz CT molecular complexity index is 1950. The summed E-state index contributed by atoms with van der Waals surface area (Å²) in [5, 5.41) is 25.8. The number of aliphatic hydroxyl groups excluding tert-OH is 1. The number of aromatic nitrogens is 4. The SMILES string of the molecule is CCCc1nc(C)c2c(=O)[nH]c(-c3cc(N4C(=S)N(c5ccc(C#N)c(C(F)(F)F)c5)C(O)C45CCOC5)ccc3OCC)nn12. The molecule has 2 N–H and O–H groups in total. The van der Waals surface area contributed by atoms with Crippen molar-refractivity contribution in [3.05, 3.63) is 69.4 Å². The van der Waals surface area contributed by atoms with Crippen molar-refractivity contribution in [3.63, 3.8) is 0 Å². The Morgan fingerprint density at radius 2 is 2.00 bits per heavy atom. The van der Waals surface area contributed by atoms with E-state index >= 15 is 0 Å². The van der Waals surface area contributed by atoms with Gasteiger partial charge in [-0.25, -0.2) is 9.50 Å². The Balaban J connectivity index is 1.51. The van der Waals surface area contributed by atoms with Gasteiger partial charge >= 0.3 is 6.18 Å². The van der Waals surface area contributed by atoms with Crippen molar-refractivity contribution in [2.24, 2.45) is 0 Å². The van der Waals surface area contributed by atoms with Crippen LogP contribution in [0.1, 0.15) is 49.3 Å². The summed E-state index contributed by atoms with van der Waals surface area (Å²) >= 11 is 5.86. The summed E-state index contributed by atoms with van der Waals surface area (Å²) < 4.78 is 54.8. The van der Waals surface area contributed by atoms with Crippen LogP contribution in [0.3, 0.4) is 0 Å². The lowest BCUT2D eigenvalue weighted by molar-refractivity contribution is -0.137. The molecule has 2 fully saturated rings. The first-order valence-corrected chi connectivity index (χ1v) is 15.1. The van der Waals surface area contributed by atoms with E-state index in [1.54, 1.807) is 36.1 Å². The number of hydrogen-bond acceptors (Lipinski definition) is 8. The molecule has 0 radical (unpaired) electrons. The molecule has 2 saturated heterocycles. The largest absolute Gasteiger partial charge is 0.493 e. The number of aromatic amines is 1. The fourth-order valence-corrected chi connectivity index (χ4v) is 6.70. The third-order valence-corrected chi connectivity index (χ3v) is 8.68. The summed E-state index contributed by atoms with van der Waals surface area (Å²) in [7, 11) is 0. The van der Waals surface area contributed by atoms with Crippen molar-refractivity contribution in [1.82, 2.24) is 19.6 Å². The number of aliphatic hydroxyl groups is 1. The van der Waals surface area contributed by atoms with Crippen LogP contribution in [0.5, 0.6) is 5.75 Å². The van der Waals surface area contributed by atoms with Crippen molar-refractivity contribution in [3.8, 4) is 23.2 Å². The highest BCUT2D eigenvalue weighted by Crippen LogP contribution is 2.46. The van der Waals surface area contributed by atoms with Gasteiger partial charge in [-0.05, 0) is 68.9 Å². The van der Waals surface area contributed by atoms with Crippen LogP contribution in [0.4, 0.5) is 24.5 Å². The highest BCUT2D eigenvalue weighted by atomic mass is 32.1. The van der Waals surface area contributed by atoms with Crippen molar-refractivity contribution >= 4 is 34.2 Å². The van der Waals surface area contributed by atoms with Gasteiger partial charge in [0.15, 0.2) is 22.7 Å². The van der Waals surface area contributed by atoms with Crippen molar-refractivity contribution in [1.29, 1.82) is 5.26 Å². The molecule has 4 heterocycles. The molecule has 1 spiro atoms. The van der Waals surface area contributed by atoms with Crippen LogP contribution in [0.2, 0.25) is 0 Å². The van der Waals surface area contributed by atoms with Gasteiger partial charge in [0.25, 0.3) is 5.56 Å². The normalized spacial score (nSPS) is 19.9. The predicted molar refractivity (Wildman–Crippen MR) is 167 cm³/mol. The lowest BCUT2D eigenvalue weighted by Crippen LogP contribution is -2.53. The predicted octanol–water partition coefficient (Wildman–Crippen LogP) is 4.72. The average molecular weight is 654 g/mol. The number of aryl methyl sites for hydroxylation is 2. The average Bonchev–Trinajstić information content (AvgIpc) is 3.68. The second kappa shape index (κ2) is 11.7. The molecule has 2 atom stereocenters. The number of nitrogens with one attached hydrogen (secondary N) is 1. The number of nitrogens with zero attached hydrogens (tertiary/aromatic N) is 6. The lowest BCUT2D eigenvalue weighted by atomic mass is 9.94. The van der Waals surface area contributed by atoms with Gasteiger partial charge in [-0.3, -0.25) is 9.69 Å². The molecule has 2 aromatic heterocycles. The minimum atomic E-state index is -4.80. The summed E-state index contributed by atoms with van der Waals surface area (Å²) in [5.74, 6) is 1.26. The zero-order valence-electron chi connectivity index (χ0n) is 25.2. The van der Waals surface area contributed by atoms with Crippen LogP contribution in [-0.4, -0.2) is 61.4 Å². The number of alkyl halides is 3. The number of ether oxygens (including phenoxy) is 2. The molecule has 2 aliphatic rings. The van der Waals surface area contributed by atoms with Crippen molar-refractivity contribution < 1.29 is 27.8 Å². The molecule has 2 aromatic carbocycles. The summed E-state index contributed by atoms with van der Waals surface area (Å²) in [5.41, 5.74) is -1.46. The first-order chi connectivity index (χ1) is 21.9. The number of fused-ring (bicyclic) bond motifs is 1. The molecule has 0 aliphatic carbocycles. The van der Waals surface area contributed by atoms with Gasteiger partial charge in [-0.2, -0.15) is 18.4 Å². The number of thiocarbonyl (C=S) groups is 1. The second-order valence-corrected chi connectivity index (χ2v) is 11.5. The number of benzene rings is 2. The molecule has 46 heavy (non-hydrogen) atoms. The Hall–Kier alpha value is -4.52. The number of hydrogen-bond donors (Lipinski definition) is 2. The Morgan fingerprint density at radius 1 is 1.24 bits per heavy atom. The minimum Gasteiger partial charge on any atom is -0.493 e. The fourth-order valence-electron chi connectivity index (χ4n) is 6.21. The first kappa shape index (κ1) is 31.5.